The van der Waals surface area contributed by atoms with Crippen molar-refractivity contribution in [2.45, 2.75) is 51.1 Å². The zero-order chi connectivity index (χ0) is 24.4. The number of carbonyl (C=O) groups excluding carboxylic acids is 1. The predicted octanol–water partition coefficient (Wildman–Crippen LogP) is 3.70. The van der Waals surface area contributed by atoms with Crippen LogP contribution in [0.5, 0.6) is 0 Å². The van der Waals surface area contributed by atoms with Gasteiger partial charge < -0.3 is 21.3 Å². The molecule has 3 heterocycles. The number of nitrogens with one attached hydrogen (secondary N) is 4. The van der Waals surface area contributed by atoms with Crippen molar-refractivity contribution < 1.29 is 4.79 Å². The zero-order valence-corrected chi connectivity index (χ0v) is 19.9. The predicted molar refractivity (Wildman–Crippen MR) is 134 cm³/mol. The third kappa shape index (κ3) is 4.93. The topological polar surface area (TPSA) is 128 Å². The van der Waals surface area contributed by atoms with Gasteiger partial charge in [-0.2, -0.15) is 10.2 Å². The van der Waals surface area contributed by atoms with Crippen molar-refractivity contribution >= 4 is 29.2 Å². The Balaban J connectivity index is 1.45. The third-order valence-corrected chi connectivity index (χ3v) is 6.25. The summed E-state index contributed by atoms with van der Waals surface area (Å²) in [5.41, 5.74) is 4.02. The lowest BCUT2D eigenvalue weighted by Crippen LogP contribution is -2.31. The number of fused-ring (bicyclic) bond motifs is 1. The Bertz CT molecular complexity index is 1310. The molecule has 1 fully saturated rings. The first-order valence-electron chi connectivity index (χ1n) is 11.9. The van der Waals surface area contributed by atoms with Crippen molar-refractivity contribution in [3.8, 4) is 6.07 Å². The van der Waals surface area contributed by atoms with Crippen LogP contribution in [0.4, 0.5) is 23.3 Å². The summed E-state index contributed by atoms with van der Waals surface area (Å²) in [6.45, 7) is 5.63. The van der Waals surface area contributed by atoms with Gasteiger partial charge in [0.05, 0.1) is 17.2 Å². The molecule has 0 radical (unpaired) electrons. The molecule has 35 heavy (non-hydrogen) atoms. The summed E-state index contributed by atoms with van der Waals surface area (Å²) in [7, 11) is 0. The van der Waals surface area contributed by atoms with Gasteiger partial charge in [0.25, 0.3) is 5.91 Å². The molecule has 1 amide bonds. The maximum absolute atomic E-state index is 12.9. The van der Waals surface area contributed by atoms with Gasteiger partial charge in [-0.1, -0.05) is 12.1 Å². The molecule has 0 saturated heterocycles. The molecule has 5 rings (SSSR count). The Morgan fingerprint density at radius 1 is 1.14 bits per heavy atom. The van der Waals surface area contributed by atoms with Crippen molar-refractivity contribution in [3.05, 3.63) is 65.0 Å². The second-order valence-corrected chi connectivity index (χ2v) is 9.35. The van der Waals surface area contributed by atoms with Gasteiger partial charge in [-0.15, -0.1) is 0 Å². The molecule has 4 N–H and O–H groups in total. The highest BCUT2D eigenvalue weighted by Gasteiger charge is 2.46. The summed E-state index contributed by atoms with van der Waals surface area (Å²) in [6.07, 6.45) is 4.10. The van der Waals surface area contributed by atoms with Gasteiger partial charge in [0.1, 0.15) is 17.2 Å². The number of hydrogen-bond acceptors (Lipinski definition) is 8. The van der Waals surface area contributed by atoms with Crippen LogP contribution in [0.15, 0.2) is 42.6 Å². The second kappa shape index (κ2) is 9.31. The zero-order valence-electron chi connectivity index (χ0n) is 19.9. The van der Waals surface area contributed by atoms with E-state index < -0.39 is 5.41 Å². The first-order chi connectivity index (χ1) is 17.0. The Morgan fingerprint density at radius 3 is 2.77 bits per heavy atom. The van der Waals surface area contributed by atoms with Crippen molar-refractivity contribution in [2.24, 2.45) is 0 Å². The molecule has 0 unspecified atom stereocenters. The molecule has 1 aliphatic carbocycles. The molecular weight excluding hydrogens is 440 g/mol. The second-order valence-electron chi connectivity index (χ2n) is 9.35. The minimum atomic E-state index is -0.504. The van der Waals surface area contributed by atoms with E-state index in [1.165, 1.54) is 17.3 Å². The quantitative estimate of drug-likeness (QED) is 0.413. The van der Waals surface area contributed by atoms with Crippen LogP contribution in [0.1, 0.15) is 53.9 Å². The SMILES string of the molecule is CC(C)NC(=O)c1cnc(Nc2ccc3c(c2)CCNC3)nc1Nc1cccc(C2(C#N)CC2)n1. The first-order valence-corrected chi connectivity index (χ1v) is 11.9. The molecule has 9 heteroatoms. The number of aromatic nitrogens is 3. The standard InChI is InChI=1S/C26H28N8O/c1-16(2)30-24(35)20-14-29-25(31-19-7-6-18-13-28-11-8-17(18)12-19)34-23(20)33-22-5-3-4-21(32-22)26(15-27)9-10-26/h3-7,12,14,16,28H,8-11,13H2,1-2H3,(H,30,35)(H2,29,31,32,33,34). The molecule has 0 spiro atoms. The Morgan fingerprint density at radius 2 is 2.00 bits per heavy atom. The van der Waals surface area contributed by atoms with Gasteiger partial charge in [0.2, 0.25) is 5.95 Å². The summed E-state index contributed by atoms with van der Waals surface area (Å²) in [6, 6.07) is 14.1. The molecular formula is C26H28N8O. The fourth-order valence-corrected chi connectivity index (χ4v) is 4.17. The van der Waals surface area contributed by atoms with E-state index in [0.29, 0.717) is 23.1 Å². The molecule has 3 aromatic rings. The van der Waals surface area contributed by atoms with Crippen molar-refractivity contribution in [3.63, 3.8) is 0 Å². The fraction of sp³-hybridized carbons (Fsp3) is 0.346. The van der Waals surface area contributed by atoms with Gasteiger partial charge in [0, 0.05) is 24.5 Å². The number of rotatable bonds is 7. The molecule has 1 aliphatic heterocycles. The maximum Gasteiger partial charge on any atom is 0.256 e. The van der Waals surface area contributed by atoms with E-state index in [1.54, 1.807) is 6.07 Å². The van der Waals surface area contributed by atoms with Crippen LogP contribution in [0.25, 0.3) is 0 Å². The van der Waals surface area contributed by atoms with E-state index >= 15 is 0 Å². The Hall–Kier alpha value is -4.03. The van der Waals surface area contributed by atoms with Crippen LogP contribution in [0.3, 0.4) is 0 Å². The van der Waals surface area contributed by atoms with Crippen LogP contribution in [0, 0.1) is 11.3 Å². The third-order valence-electron chi connectivity index (χ3n) is 6.25. The van der Waals surface area contributed by atoms with E-state index in [2.05, 4.69) is 54.4 Å². The van der Waals surface area contributed by atoms with Gasteiger partial charge in [-0.3, -0.25) is 4.79 Å². The van der Waals surface area contributed by atoms with Gasteiger partial charge >= 0.3 is 0 Å². The number of anilines is 4. The normalized spacial score (nSPS) is 15.6. The number of nitriles is 1. The lowest BCUT2D eigenvalue weighted by molar-refractivity contribution is 0.0943. The average molecular weight is 469 g/mol. The average Bonchev–Trinajstić information content (AvgIpc) is 3.65. The molecule has 0 atom stereocenters. The van der Waals surface area contributed by atoms with Gasteiger partial charge in [0.15, 0.2) is 0 Å². The summed E-state index contributed by atoms with van der Waals surface area (Å²) >= 11 is 0. The summed E-state index contributed by atoms with van der Waals surface area (Å²) in [5.74, 6) is 0.958. The summed E-state index contributed by atoms with van der Waals surface area (Å²) in [4.78, 5) is 26.5. The van der Waals surface area contributed by atoms with E-state index in [9.17, 15) is 10.1 Å². The van der Waals surface area contributed by atoms with Crippen molar-refractivity contribution in [1.29, 1.82) is 5.26 Å². The highest BCUT2D eigenvalue weighted by molar-refractivity contribution is 5.99. The first kappa shape index (κ1) is 22.7. The number of pyridine rings is 1. The smallest absolute Gasteiger partial charge is 0.256 e. The van der Waals surface area contributed by atoms with E-state index in [0.717, 1.165) is 43.7 Å². The van der Waals surface area contributed by atoms with Gasteiger partial charge in [-0.25, -0.2) is 9.97 Å². The Kier molecular flexibility index (Phi) is 6.05. The van der Waals surface area contributed by atoms with E-state index in [-0.39, 0.29) is 11.9 Å². The minimum absolute atomic E-state index is 0.0371. The molecule has 178 valence electrons. The van der Waals surface area contributed by atoms with Crippen molar-refractivity contribution in [2.75, 3.05) is 17.2 Å². The number of benzene rings is 1. The van der Waals surface area contributed by atoms with Crippen LogP contribution >= 0.6 is 0 Å². The van der Waals surface area contributed by atoms with Crippen LogP contribution in [-0.2, 0) is 18.4 Å². The maximum atomic E-state index is 12.9. The summed E-state index contributed by atoms with van der Waals surface area (Å²) < 4.78 is 0. The van der Waals surface area contributed by atoms with Crippen LogP contribution in [-0.4, -0.2) is 33.4 Å². The molecule has 0 bridgehead atoms. The van der Waals surface area contributed by atoms with E-state index in [1.807, 2.05) is 32.0 Å². The molecule has 2 aromatic heterocycles. The lowest BCUT2D eigenvalue weighted by Gasteiger charge is -2.18. The molecule has 9 nitrogen and oxygen atoms in total. The molecule has 2 aliphatic rings. The van der Waals surface area contributed by atoms with E-state index in [4.69, 9.17) is 0 Å². The number of hydrogen-bond donors (Lipinski definition) is 4. The highest BCUT2D eigenvalue weighted by Crippen LogP contribution is 2.46. The molecule has 1 aromatic carbocycles. The minimum Gasteiger partial charge on any atom is -0.350 e. The van der Waals surface area contributed by atoms with Crippen LogP contribution < -0.4 is 21.3 Å². The number of amides is 1. The number of nitrogens with zero attached hydrogens (tertiary/aromatic N) is 4. The summed E-state index contributed by atoms with van der Waals surface area (Å²) in [5, 5.41) is 22.3. The van der Waals surface area contributed by atoms with Crippen LogP contribution in [0.2, 0.25) is 0 Å². The fourth-order valence-electron chi connectivity index (χ4n) is 4.17. The lowest BCUT2D eigenvalue weighted by atomic mass is 10.0. The highest BCUT2D eigenvalue weighted by atomic mass is 16.1. The monoisotopic (exact) mass is 468 g/mol. The Labute approximate surface area is 204 Å². The number of carbonyl (C=O) groups is 1. The largest absolute Gasteiger partial charge is 0.350 e. The van der Waals surface area contributed by atoms with Gasteiger partial charge in [-0.05, 0) is 75.0 Å². The molecule has 1 saturated carbocycles. The van der Waals surface area contributed by atoms with Crippen molar-refractivity contribution in [1.82, 2.24) is 25.6 Å².